The molecular weight excluding hydrogens is 314 g/mol. The van der Waals surface area contributed by atoms with Gasteiger partial charge in [-0.15, -0.1) is 12.4 Å². The summed E-state index contributed by atoms with van der Waals surface area (Å²) < 4.78 is 0. The number of rotatable bonds is 4. The van der Waals surface area contributed by atoms with E-state index in [9.17, 15) is 9.59 Å². The van der Waals surface area contributed by atoms with Crippen LogP contribution in [0.3, 0.4) is 0 Å². The fourth-order valence-corrected chi connectivity index (χ4v) is 3.38. The number of Topliss-reactive ketones (excluding diaryl/α,β-unsaturated/α-hetero) is 1. The Hall–Kier alpha value is -1.43. The maximum absolute atomic E-state index is 12.2. The van der Waals surface area contributed by atoms with E-state index in [1.807, 2.05) is 6.07 Å². The van der Waals surface area contributed by atoms with Gasteiger partial charge in [0.25, 0.3) is 0 Å². The van der Waals surface area contributed by atoms with Gasteiger partial charge in [-0.1, -0.05) is 12.1 Å². The molecule has 126 valence electrons. The van der Waals surface area contributed by atoms with Crippen LogP contribution >= 0.6 is 12.4 Å². The minimum Gasteiger partial charge on any atom is -0.325 e. The number of ketones is 1. The molecule has 0 aliphatic carbocycles. The summed E-state index contributed by atoms with van der Waals surface area (Å²) in [6.45, 7) is 3.85. The molecule has 6 heteroatoms. The van der Waals surface area contributed by atoms with E-state index in [4.69, 9.17) is 0 Å². The first-order valence-electron chi connectivity index (χ1n) is 7.99. The highest BCUT2D eigenvalue weighted by Crippen LogP contribution is 2.20. The molecule has 2 heterocycles. The summed E-state index contributed by atoms with van der Waals surface area (Å²) in [5.41, 5.74) is 1.31. The van der Waals surface area contributed by atoms with Crippen LogP contribution in [0.15, 0.2) is 24.3 Å². The van der Waals surface area contributed by atoms with Crippen molar-refractivity contribution in [1.29, 1.82) is 0 Å². The van der Waals surface area contributed by atoms with Crippen LogP contribution < -0.4 is 10.6 Å². The third-order valence-electron chi connectivity index (χ3n) is 4.53. The number of anilines is 1. The van der Waals surface area contributed by atoms with Gasteiger partial charge in [0, 0.05) is 36.4 Å². The average Bonchev–Trinajstić information content (AvgIpc) is 2.82. The first kappa shape index (κ1) is 17.9. The SMILES string of the molecule is CC(=O)c1cccc(NC(=O)CN2CCC3CCC(C2)N3)c1.Cl. The molecule has 0 aromatic heterocycles. The molecule has 2 atom stereocenters. The molecule has 2 unspecified atom stereocenters. The summed E-state index contributed by atoms with van der Waals surface area (Å²) in [4.78, 5) is 25.8. The first-order chi connectivity index (χ1) is 10.6. The van der Waals surface area contributed by atoms with E-state index >= 15 is 0 Å². The highest BCUT2D eigenvalue weighted by molar-refractivity contribution is 5.97. The standard InChI is InChI=1S/C17H23N3O2.ClH/c1-12(21)13-3-2-4-15(9-13)19-17(22)11-20-8-7-14-5-6-16(10-20)18-14;/h2-4,9,14,16,18H,5-8,10-11H2,1H3,(H,19,22);1H. The fourth-order valence-electron chi connectivity index (χ4n) is 3.38. The average molecular weight is 338 g/mol. The van der Waals surface area contributed by atoms with Crippen molar-refractivity contribution >= 4 is 29.8 Å². The van der Waals surface area contributed by atoms with E-state index in [2.05, 4.69) is 15.5 Å². The number of fused-ring (bicyclic) bond motifs is 2. The third-order valence-corrected chi connectivity index (χ3v) is 4.53. The van der Waals surface area contributed by atoms with Gasteiger partial charge in [-0.25, -0.2) is 0 Å². The predicted molar refractivity (Wildman–Crippen MR) is 93.3 cm³/mol. The van der Waals surface area contributed by atoms with Gasteiger partial charge in [-0.05, 0) is 38.3 Å². The molecule has 2 fully saturated rings. The van der Waals surface area contributed by atoms with Crippen LogP contribution in [0.2, 0.25) is 0 Å². The topological polar surface area (TPSA) is 61.4 Å². The van der Waals surface area contributed by atoms with Crippen molar-refractivity contribution in [3.63, 3.8) is 0 Å². The maximum Gasteiger partial charge on any atom is 0.238 e. The van der Waals surface area contributed by atoms with Gasteiger partial charge in [-0.3, -0.25) is 14.5 Å². The van der Waals surface area contributed by atoms with Gasteiger partial charge in [0.1, 0.15) is 0 Å². The van der Waals surface area contributed by atoms with Gasteiger partial charge < -0.3 is 10.6 Å². The number of carbonyl (C=O) groups excluding carboxylic acids is 2. The molecule has 1 aromatic carbocycles. The summed E-state index contributed by atoms with van der Waals surface area (Å²) in [7, 11) is 0. The van der Waals surface area contributed by atoms with E-state index in [-0.39, 0.29) is 24.1 Å². The van der Waals surface area contributed by atoms with E-state index in [0.717, 1.165) is 19.5 Å². The third kappa shape index (κ3) is 4.77. The molecule has 2 aliphatic heterocycles. The summed E-state index contributed by atoms with van der Waals surface area (Å²) in [5.74, 6) is -0.0100. The summed E-state index contributed by atoms with van der Waals surface area (Å²) in [5, 5.41) is 6.51. The molecular formula is C17H24ClN3O2. The highest BCUT2D eigenvalue weighted by Gasteiger charge is 2.29. The van der Waals surface area contributed by atoms with E-state index < -0.39 is 0 Å². The zero-order valence-corrected chi connectivity index (χ0v) is 14.2. The second kappa shape index (κ2) is 7.90. The Morgan fingerprint density at radius 2 is 2.04 bits per heavy atom. The largest absolute Gasteiger partial charge is 0.325 e. The normalized spacial score (nSPS) is 23.7. The van der Waals surface area contributed by atoms with Gasteiger partial charge in [0.15, 0.2) is 5.78 Å². The zero-order valence-electron chi connectivity index (χ0n) is 13.4. The Bertz CT molecular complexity index is 579. The van der Waals surface area contributed by atoms with Gasteiger partial charge in [-0.2, -0.15) is 0 Å². The number of nitrogens with one attached hydrogen (secondary N) is 2. The molecule has 0 saturated carbocycles. The Balaban J connectivity index is 0.00000192. The number of benzene rings is 1. The quantitative estimate of drug-likeness (QED) is 0.826. The smallest absolute Gasteiger partial charge is 0.238 e. The van der Waals surface area contributed by atoms with Crippen molar-refractivity contribution in [3.8, 4) is 0 Å². The number of hydrogen-bond acceptors (Lipinski definition) is 4. The van der Waals surface area contributed by atoms with Crippen LogP contribution in [0, 0.1) is 0 Å². The van der Waals surface area contributed by atoms with Gasteiger partial charge in [0.2, 0.25) is 5.91 Å². The van der Waals surface area contributed by atoms with Crippen LogP contribution in [0.25, 0.3) is 0 Å². The molecule has 5 nitrogen and oxygen atoms in total. The lowest BCUT2D eigenvalue weighted by molar-refractivity contribution is -0.117. The van der Waals surface area contributed by atoms with Crippen LogP contribution in [-0.2, 0) is 4.79 Å². The van der Waals surface area contributed by atoms with Crippen molar-refractivity contribution in [2.45, 2.75) is 38.3 Å². The second-order valence-electron chi connectivity index (χ2n) is 6.35. The Labute approximate surface area is 143 Å². The van der Waals surface area contributed by atoms with E-state index in [1.54, 1.807) is 18.2 Å². The summed E-state index contributed by atoms with van der Waals surface area (Å²) >= 11 is 0. The molecule has 1 amide bonds. The predicted octanol–water partition coefficient (Wildman–Crippen LogP) is 2.08. The lowest BCUT2D eigenvalue weighted by atomic mass is 10.1. The van der Waals surface area contributed by atoms with Crippen molar-refractivity contribution in [3.05, 3.63) is 29.8 Å². The van der Waals surface area contributed by atoms with Crippen molar-refractivity contribution in [1.82, 2.24) is 10.2 Å². The number of halogens is 1. The fraction of sp³-hybridized carbons (Fsp3) is 0.529. The van der Waals surface area contributed by atoms with Crippen LogP contribution in [0.4, 0.5) is 5.69 Å². The number of likely N-dealkylation sites (tertiary alicyclic amines) is 1. The lowest BCUT2D eigenvalue weighted by Crippen LogP contribution is -2.39. The molecule has 23 heavy (non-hydrogen) atoms. The van der Waals surface area contributed by atoms with E-state index in [1.165, 1.54) is 19.8 Å². The van der Waals surface area contributed by atoms with Crippen molar-refractivity contribution < 1.29 is 9.59 Å². The first-order valence-corrected chi connectivity index (χ1v) is 7.99. The molecule has 0 radical (unpaired) electrons. The van der Waals surface area contributed by atoms with Crippen molar-refractivity contribution in [2.75, 3.05) is 25.0 Å². The van der Waals surface area contributed by atoms with Gasteiger partial charge >= 0.3 is 0 Å². The Morgan fingerprint density at radius 3 is 2.83 bits per heavy atom. The van der Waals surface area contributed by atoms with Crippen molar-refractivity contribution in [2.24, 2.45) is 0 Å². The minimum absolute atomic E-state index is 0. The zero-order chi connectivity index (χ0) is 15.5. The van der Waals surface area contributed by atoms with E-state index in [0.29, 0.717) is 29.9 Å². The summed E-state index contributed by atoms with van der Waals surface area (Å²) in [6, 6.07) is 8.25. The lowest BCUT2D eigenvalue weighted by Gasteiger charge is -2.23. The maximum atomic E-state index is 12.2. The van der Waals surface area contributed by atoms with Gasteiger partial charge in [0.05, 0.1) is 6.54 Å². The molecule has 2 N–H and O–H groups in total. The van der Waals surface area contributed by atoms with Crippen LogP contribution in [0.5, 0.6) is 0 Å². The molecule has 1 aromatic rings. The number of nitrogens with zero attached hydrogens (tertiary/aromatic N) is 1. The van der Waals surface area contributed by atoms with Crippen LogP contribution in [0.1, 0.15) is 36.5 Å². The minimum atomic E-state index is -0.0153. The molecule has 2 bridgehead atoms. The monoisotopic (exact) mass is 337 g/mol. The number of hydrogen-bond donors (Lipinski definition) is 2. The second-order valence-corrected chi connectivity index (χ2v) is 6.35. The molecule has 0 spiro atoms. The summed E-state index contributed by atoms with van der Waals surface area (Å²) in [6.07, 6.45) is 3.59. The van der Waals surface area contributed by atoms with Crippen LogP contribution in [-0.4, -0.2) is 48.3 Å². The number of carbonyl (C=O) groups is 2. The molecule has 2 saturated heterocycles. The Kier molecular flexibility index (Phi) is 6.16. The molecule has 2 aliphatic rings. The molecule has 3 rings (SSSR count). The Morgan fingerprint density at radius 1 is 1.26 bits per heavy atom. The number of amides is 1. The highest BCUT2D eigenvalue weighted by atomic mass is 35.5.